The fourth-order valence-electron chi connectivity index (χ4n) is 1.19. The van der Waals surface area contributed by atoms with E-state index in [1.807, 2.05) is 6.92 Å². The summed E-state index contributed by atoms with van der Waals surface area (Å²) in [5, 5.41) is 0. The van der Waals surface area contributed by atoms with Crippen LogP contribution in [0.1, 0.15) is 5.56 Å². The molecule has 1 aromatic heterocycles. The van der Waals surface area contributed by atoms with Crippen LogP contribution < -0.4 is 4.18 Å². The summed E-state index contributed by atoms with van der Waals surface area (Å²) < 4.78 is 28.5. The molecular formula is C11H10N2O3S. The molecule has 0 spiro atoms. The van der Waals surface area contributed by atoms with Gasteiger partial charge in [0.2, 0.25) is 0 Å². The molecule has 88 valence electrons. The lowest BCUT2D eigenvalue weighted by Crippen LogP contribution is -2.10. The zero-order valence-corrected chi connectivity index (χ0v) is 9.89. The molecule has 0 bridgehead atoms. The van der Waals surface area contributed by atoms with Crippen LogP contribution in [0.2, 0.25) is 0 Å². The fraction of sp³-hybridized carbons (Fsp3) is 0.0909. The molecule has 0 saturated carbocycles. The zero-order valence-electron chi connectivity index (χ0n) is 9.07. The highest BCUT2D eigenvalue weighted by molar-refractivity contribution is 7.87. The molecule has 1 heterocycles. The minimum absolute atomic E-state index is 0.0481. The van der Waals surface area contributed by atoms with E-state index < -0.39 is 10.1 Å². The Hall–Kier alpha value is -1.95. The molecule has 0 saturated heterocycles. The van der Waals surface area contributed by atoms with Crippen molar-refractivity contribution < 1.29 is 12.6 Å². The molecule has 6 heteroatoms. The molecule has 17 heavy (non-hydrogen) atoms. The third-order valence-corrected chi connectivity index (χ3v) is 3.28. The summed E-state index contributed by atoms with van der Waals surface area (Å²) in [7, 11) is -3.83. The number of hydrogen-bond donors (Lipinski definition) is 0. The molecule has 1 aromatic carbocycles. The summed E-state index contributed by atoms with van der Waals surface area (Å²) in [6.45, 7) is 1.87. The van der Waals surface area contributed by atoms with Gasteiger partial charge in [0, 0.05) is 12.4 Å². The monoisotopic (exact) mass is 250 g/mol. The van der Waals surface area contributed by atoms with Gasteiger partial charge in [0.15, 0.2) is 0 Å². The predicted octanol–water partition coefficient (Wildman–Crippen LogP) is 1.55. The van der Waals surface area contributed by atoms with Crippen LogP contribution in [0.4, 0.5) is 0 Å². The van der Waals surface area contributed by atoms with Gasteiger partial charge < -0.3 is 4.18 Å². The van der Waals surface area contributed by atoms with E-state index in [0.717, 1.165) is 5.56 Å². The Kier molecular flexibility index (Phi) is 3.06. The molecular weight excluding hydrogens is 240 g/mol. The first-order valence-electron chi connectivity index (χ1n) is 4.85. The maximum Gasteiger partial charge on any atom is 0.340 e. The van der Waals surface area contributed by atoms with Crippen LogP contribution in [0.25, 0.3) is 0 Å². The summed E-state index contributed by atoms with van der Waals surface area (Å²) in [5.41, 5.74) is 0.975. The van der Waals surface area contributed by atoms with E-state index >= 15 is 0 Å². The largest absolute Gasteiger partial charge is 0.356 e. The number of rotatable bonds is 3. The van der Waals surface area contributed by atoms with Crippen molar-refractivity contribution in [3.05, 3.63) is 48.4 Å². The van der Waals surface area contributed by atoms with Crippen molar-refractivity contribution in [2.75, 3.05) is 0 Å². The third-order valence-electron chi connectivity index (χ3n) is 2.04. The summed E-state index contributed by atoms with van der Waals surface area (Å²) in [6, 6.07) is 6.38. The fourth-order valence-corrected chi connectivity index (χ4v) is 2.07. The van der Waals surface area contributed by atoms with Gasteiger partial charge in [0.1, 0.15) is 4.90 Å². The van der Waals surface area contributed by atoms with Gasteiger partial charge in [0.25, 0.3) is 5.88 Å². The first-order chi connectivity index (χ1) is 8.08. The predicted molar refractivity (Wildman–Crippen MR) is 61.0 cm³/mol. The number of aromatic nitrogens is 2. The van der Waals surface area contributed by atoms with Gasteiger partial charge in [-0.15, -0.1) is 0 Å². The molecule has 2 aromatic rings. The lowest BCUT2D eigenvalue weighted by Gasteiger charge is -2.05. The minimum Gasteiger partial charge on any atom is -0.356 e. The van der Waals surface area contributed by atoms with Crippen LogP contribution in [0.5, 0.6) is 5.88 Å². The molecule has 0 fully saturated rings. The van der Waals surface area contributed by atoms with Crippen molar-refractivity contribution in [1.29, 1.82) is 0 Å². The molecule has 0 unspecified atom stereocenters. The number of benzene rings is 1. The molecule has 0 aliphatic heterocycles. The topological polar surface area (TPSA) is 69.2 Å². The second-order valence-electron chi connectivity index (χ2n) is 3.39. The first-order valence-corrected chi connectivity index (χ1v) is 6.26. The lowest BCUT2D eigenvalue weighted by molar-refractivity contribution is 0.474. The Bertz CT molecular complexity index is 594. The average Bonchev–Trinajstić information content (AvgIpc) is 2.30. The molecule has 0 aliphatic carbocycles. The molecule has 2 rings (SSSR count). The molecule has 0 atom stereocenters. The van der Waals surface area contributed by atoms with E-state index in [1.165, 1.54) is 30.7 Å². The SMILES string of the molecule is Cc1ccc(S(=O)(=O)Oc2cnccn2)cc1. The average molecular weight is 250 g/mol. The van der Waals surface area contributed by atoms with E-state index in [2.05, 4.69) is 9.97 Å². The smallest absolute Gasteiger partial charge is 0.340 e. The highest BCUT2D eigenvalue weighted by Crippen LogP contribution is 2.15. The van der Waals surface area contributed by atoms with Crippen molar-refractivity contribution in [2.45, 2.75) is 11.8 Å². The van der Waals surface area contributed by atoms with Crippen LogP contribution in [0, 0.1) is 6.92 Å². The summed E-state index contributed by atoms with van der Waals surface area (Å²) in [6.07, 6.45) is 4.04. The normalized spacial score (nSPS) is 11.1. The van der Waals surface area contributed by atoms with Gasteiger partial charge >= 0.3 is 10.1 Å². The van der Waals surface area contributed by atoms with Crippen LogP contribution in [-0.2, 0) is 10.1 Å². The highest BCUT2D eigenvalue weighted by Gasteiger charge is 2.16. The second kappa shape index (κ2) is 4.50. The van der Waals surface area contributed by atoms with Gasteiger partial charge in [-0.2, -0.15) is 8.42 Å². The second-order valence-corrected chi connectivity index (χ2v) is 4.94. The molecule has 0 N–H and O–H groups in total. The summed E-state index contributed by atoms with van der Waals surface area (Å²) >= 11 is 0. The Balaban J connectivity index is 2.29. The number of aryl methyl sites for hydroxylation is 1. The van der Waals surface area contributed by atoms with Crippen LogP contribution in [0.15, 0.2) is 47.8 Å². The summed E-state index contributed by atoms with van der Waals surface area (Å²) in [4.78, 5) is 7.56. The van der Waals surface area contributed by atoms with Crippen LogP contribution in [-0.4, -0.2) is 18.4 Å². The standard InChI is InChI=1S/C11H10N2O3S/c1-9-2-4-10(5-3-9)17(14,15)16-11-8-12-6-7-13-11/h2-8H,1H3. The van der Waals surface area contributed by atoms with Crippen molar-refractivity contribution in [1.82, 2.24) is 9.97 Å². The van der Waals surface area contributed by atoms with E-state index in [4.69, 9.17) is 4.18 Å². The van der Waals surface area contributed by atoms with Gasteiger partial charge in [-0.3, -0.25) is 4.98 Å². The molecule has 0 radical (unpaired) electrons. The van der Waals surface area contributed by atoms with E-state index in [0.29, 0.717) is 0 Å². The maximum absolute atomic E-state index is 11.8. The molecule has 0 aliphatic rings. The number of nitrogens with zero attached hydrogens (tertiary/aromatic N) is 2. The molecule has 0 amide bonds. The van der Waals surface area contributed by atoms with E-state index in [-0.39, 0.29) is 10.8 Å². The van der Waals surface area contributed by atoms with Gasteiger partial charge in [-0.05, 0) is 19.1 Å². The Morgan fingerprint density at radius 2 is 1.82 bits per heavy atom. The Labute approximate surface area is 99.2 Å². The van der Waals surface area contributed by atoms with Crippen molar-refractivity contribution in [2.24, 2.45) is 0 Å². The zero-order chi connectivity index (χ0) is 12.3. The van der Waals surface area contributed by atoms with Crippen LogP contribution >= 0.6 is 0 Å². The third kappa shape index (κ3) is 2.79. The Morgan fingerprint density at radius 3 is 2.41 bits per heavy atom. The quantitative estimate of drug-likeness (QED) is 0.773. The van der Waals surface area contributed by atoms with Crippen LogP contribution in [0.3, 0.4) is 0 Å². The molecule has 5 nitrogen and oxygen atoms in total. The maximum atomic E-state index is 11.8. The van der Waals surface area contributed by atoms with Crippen molar-refractivity contribution in [3.63, 3.8) is 0 Å². The summed E-state index contributed by atoms with van der Waals surface area (Å²) in [5.74, 6) is -0.0481. The highest BCUT2D eigenvalue weighted by atomic mass is 32.2. The van der Waals surface area contributed by atoms with Gasteiger partial charge in [0.05, 0.1) is 6.20 Å². The van der Waals surface area contributed by atoms with Gasteiger partial charge in [-0.25, -0.2) is 4.98 Å². The van der Waals surface area contributed by atoms with E-state index in [9.17, 15) is 8.42 Å². The van der Waals surface area contributed by atoms with Gasteiger partial charge in [-0.1, -0.05) is 17.7 Å². The van der Waals surface area contributed by atoms with Crippen molar-refractivity contribution >= 4 is 10.1 Å². The number of hydrogen-bond acceptors (Lipinski definition) is 5. The lowest BCUT2D eigenvalue weighted by atomic mass is 10.2. The first kappa shape index (κ1) is 11.5. The minimum atomic E-state index is -3.83. The van der Waals surface area contributed by atoms with E-state index in [1.54, 1.807) is 12.1 Å². The van der Waals surface area contributed by atoms with Crippen molar-refractivity contribution in [3.8, 4) is 5.88 Å². The Morgan fingerprint density at radius 1 is 1.12 bits per heavy atom.